The zero-order chi connectivity index (χ0) is 14.9. The second-order valence-corrected chi connectivity index (χ2v) is 4.37. The largest absolute Gasteiger partial charge is 0.444 e. The van der Waals surface area contributed by atoms with Crippen LogP contribution in [-0.2, 0) is 6.54 Å². The number of hydrogen-bond donors (Lipinski definition) is 2. The number of nitrogens with one attached hydrogen (secondary N) is 2. The number of nitrogens with zero attached hydrogens (tertiary/aromatic N) is 2. The van der Waals surface area contributed by atoms with Gasteiger partial charge in [-0.2, -0.15) is 0 Å². The Hall–Kier alpha value is -1.83. The van der Waals surface area contributed by atoms with Crippen LogP contribution >= 0.6 is 24.0 Å². The molecule has 0 aliphatic rings. The van der Waals surface area contributed by atoms with Gasteiger partial charge in [-0.25, -0.2) is 9.98 Å². The lowest BCUT2D eigenvalue weighted by Gasteiger charge is -2.08. The van der Waals surface area contributed by atoms with Crippen LogP contribution in [0.5, 0.6) is 0 Å². The molecule has 2 rings (SSSR count). The highest BCUT2D eigenvalue weighted by molar-refractivity contribution is 14.0. The van der Waals surface area contributed by atoms with Gasteiger partial charge in [0.25, 0.3) is 0 Å². The predicted molar refractivity (Wildman–Crippen MR) is 100 cm³/mol. The summed E-state index contributed by atoms with van der Waals surface area (Å²) in [6, 6.07) is 9.81. The van der Waals surface area contributed by atoms with Crippen molar-refractivity contribution in [1.29, 1.82) is 0 Å². The monoisotopic (exact) mass is 412 g/mol. The van der Waals surface area contributed by atoms with Gasteiger partial charge in [0, 0.05) is 18.7 Å². The molecule has 0 saturated carbocycles. The van der Waals surface area contributed by atoms with Gasteiger partial charge in [0.2, 0.25) is 5.89 Å². The van der Waals surface area contributed by atoms with Crippen LogP contribution in [0.1, 0.15) is 12.6 Å². The van der Waals surface area contributed by atoms with Crippen LogP contribution in [0.4, 0.5) is 0 Å². The van der Waals surface area contributed by atoms with Crippen molar-refractivity contribution in [2.24, 2.45) is 4.99 Å². The lowest BCUT2D eigenvalue weighted by molar-refractivity contribution is 0.572. The fraction of sp³-hybridized carbons (Fsp3) is 0.250. The molecule has 1 aromatic carbocycles. The van der Waals surface area contributed by atoms with E-state index in [0.717, 1.165) is 23.8 Å². The van der Waals surface area contributed by atoms with E-state index in [9.17, 15) is 0 Å². The van der Waals surface area contributed by atoms with Crippen LogP contribution in [0.15, 0.2) is 58.7 Å². The maximum absolute atomic E-state index is 5.49. The molecule has 22 heavy (non-hydrogen) atoms. The molecule has 0 aliphatic heterocycles. The van der Waals surface area contributed by atoms with Crippen molar-refractivity contribution in [2.75, 3.05) is 13.1 Å². The van der Waals surface area contributed by atoms with Crippen LogP contribution in [0, 0.1) is 0 Å². The van der Waals surface area contributed by atoms with Gasteiger partial charge >= 0.3 is 0 Å². The summed E-state index contributed by atoms with van der Waals surface area (Å²) in [6.45, 7) is 7.63. The normalized spacial score (nSPS) is 10.7. The number of oxazole rings is 1. The minimum atomic E-state index is 0. The number of halogens is 1. The molecule has 5 nitrogen and oxygen atoms in total. The highest BCUT2D eigenvalue weighted by Crippen LogP contribution is 2.18. The van der Waals surface area contributed by atoms with Gasteiger partial charge in [-0.15, -0.1) is 30.6 Å². The van der Waals surface area contributed by atoms with Crippen molar-refractivity contribution in [3.05, 3.63) is 54.9 Å². The van der Waals surface area contributed by atoms with Gasteiger partial charge in [-0.1, -0.05) is 24.3 Å². The molecule has 118 valence electrons. The Balaban J connectivity index is 0.00000242. The maximum atomic E-state index is 5.49. The van der Waals surface area contributed by atoms with Gasteiger partial charge < -0.3 is 15.1 Å². The SMILES string of the molecule is C=CCNC(=NCc1coc(-c2ccccc2)n1)NCC.I. The van der Waals surface area contributed by atoms with Gasteiger partial charge in [0.05, 0.1) is 6.54 Å². The molecule has 1 heterocycles. The summed E-state index contributed by atoms with van der Waals surface area (Å²) in [4.78, 5) is 8.90. The number of aliphatic imine (C=N–C) groups is 1. The standard InChI is InChI=1S/C16H20N4O.HI/c1-3-10-18-16(17-4-2)19-11-14-12-21-15(20-14)13-8-6-5-7-9-13;/h3,5-9,12H,1,4,10-11H2,2H3,(H2,17,18,19);1H. The molecule has 0 amide bonds. The molecule has 2 aromatic rings. The zero-order valence-electron chi connectivity index (χ0n) is 12.6. The van der Waals surface area contributed by atoms with Crippen LogP contribution < -0.4 is 10.6 Å². The molecule has 0 atom stereocenters. The van der Waals surface area contributed by atoms with Crippen molar-refractivity contribution in [3.8, 4) is 11.5 Å². The maximum Gasteiger partial charge on any atom is 0.226 e. The third-order valence-electron chi connectivity index (χ3n) is 2.73. The first-order valence-corrected chi connectivity index (χ1v) is 6.96. The van der Waals surface area contributed by atoms with E-state index in [0.29, 0.717) is 19.0 Å². The van der Waals surface area contributed by atoms with Gasteiger partial charge in [0.1, 0.15) is 12.0 Å². The van der Waals surface area contributed by atoms with E-state index >= 15 is 0 Å². The second kappa shape index (κ2) is 9.99. The summed E-state index contributed by atoms with van der Waals surface area (Å²) in [5.41, 5.74) is 1.76. The average molecular weight is 412 g/mol. The quantitative estimate of drug-likeness (QED) is 0.331. The smallest absolute Gasteiger partial charge is 0.226 e. The van der Waals surface area contributed by atoms with Crippen LogP contribution in [-0.4, -0.2) is 24.0 Å². The predicted octanol–water partition coefficient (Wildman–Crippen LogP) is 3.20. The topological polar surface area (TPSA) is 62.5 Å². The first kappa shape index (κ1) is 18.2. The first-order chi connectivity index (χ1) is 10.3. The van der Waals surface area contributed by atoms with E-state index < -0.39 is 0 Å². The molecular formula is C16H21IN4O. The van der Waals surface area contributed by atoms with Crippen LogP contribution in [0.3, 0.4) is 0 Å². The summed E-state index contributed by atoms with van der Waals surface area (Å²) >= 11 is 0. The van der Waals surface area contributed by atoms with Gasteiger partial charge in [-0.05, 0) is 19.1 Å². The Kier molecular flexibility index (Phi) is 8.27. The number of rotatable bonds is 6. The summed E-state index contributed by atoms with van der Waals surface area (Å²) in [6.07, 6.45) is 3.43. The van der Waals surface area contributed by atoms with Crippen LogP contribution in [0.25, 0.3) is 11.5 Å². The molecular weight excluding hydrogens is 391 g/mol. The molecule has 0 bridgehead atoms. The Morgan fingerprint density at radius 1 is 1.32 bits per heavy atom. The molecule has 1 aromatic heterocycles. The minimum Gasteiger partial charge on any atom is -0.444 e. The fourth-order valence-electron chi connectivity index (χ4n) is 1.76. The molecule has 0 radical (unpaired) electrons. The lowest BCUT2D eigenvalue weighted by atomic mass is 10.2. The van der Waals surface area contributed by atoms with E-state index in [-0.39, 0.29) is 24.0 Å². The minimum absolute atomic E-state index is 0. The Morgan fingerprint density at radius 2 is 2.09 bits per heavy atom. The second-order valence-electron chi connectivity index (χ2n) is 4.37. The molecule has 0 aliphatic carbocycles. The van der Waals surface area contributed by atoms with E-state index in [4.69, 9.17) is 4.42 Å². The summed E-state index contributed by atoms with van der Waals surface area (Å²) in [5.74, 6) is 1.35. The van der Waals surface area contributed by atoms with E-state index in [1.165, 1.54) is 0 Å². The van der Waals surface area contributed by atoms with Crippen molar-refractivity contribution >= 4 is 29.9 Å². The van der Waals surface area contributed by atoms with Crippen LogP contribution in [0.2, 0.25) is 0 Å². The van der Waals surface area contributed by atoms with E-state index in [1.807, 2.05) is 37.3 Å². The highest BCUT2D eigenvalue weighted by Gasteiger charge is 2.06. The average Bonchev–Trinajstić information content (AvgIpc) is 3.00. The number of hydrogen-bond acceptors (Lipinski definition) is 3. The molecule has 0 spiro atoms. The van der Waals surface area contributed by atoms with Gasteiger partial charge in [-0.3, -0.25) is 0 Å². The number of benzene rings is 1. The molecule has 0 unspecified atom stereocenters. The van der Waals surface area contributed by atoms with Crippen molar-refractivity contribution in [1.82, 2.24) is 15.6 Å². The molecule has 0 saturated heterocycles. The first-order valence-electron chi connectivity index (χ1n) is 6.96. The number of aromatic nitrogens is 1. The summed E-state index contributed by atoms with van der Waals surface area (Å²) in [5, 5.41) is 6.30. The highest BCUT2D eigenvalue weighted by atomic mass is 127. The number of guanidine groups is 1. The zero-order valence-corrected chi connectivity index (χ0v) is 14.9. The van der Waals surface area contributed by atoms with Gasteiger partial charge in [0.15, 0.2) is 5.96 Å². The molecule has 0 fully saturated rings. The fourth-order valence-corrected chi connectivity index (χ4v) is 1.76. The Labute approximate surface area is 148 Å². The third-order valence-corrected chi connectivity index (χ3v) is 2.73. The van der Waals surface area contributed by atoms with Crippen molar-refractivity contribution in [3.63, 3.8) is 0 Å². The third kappa shape index (κ3) is 5.51. The van der Waals surface area contributed by atoms with E-state index in [1.54, 1.807) is 12.3 Å². The van der Waals surface area contributed by atoms with Crippen molar-refractivity contribution in [2.45, 2.75) is 13.5 Å². The molecule has 6 heteroatoms. The van der Waals surface area contributed by atoms with Crippen molar-refractivity contribution < 1.29 is 4.42 Å². The summed E-state index contributed by atoms with van der Waals surface area (Å²) in [7, 11) is 0. The Morgan fingerprint density at radius 3 is 2.77 bits per heavy atom. The van der Waals surface area contributed by atoms with E-state index in [2.05, 4.69) is 27.2 Å². The summed E-state index contributed by atoms with van der Waals surface area (Å²) < 4.78 is 5.49. The molecule has 2 N–H and O–H groups in total. The Bertz CT molecular complexity index is 595. The lowest BCUT2D eigenvalue weighted by Crippen LogP contribution is -2.37.